The predicted molar refractivity (Wildman–Crippen MR) is 380 cm³/mol. The smallest absolute Gasteiger partial charge is 0.487 e. The van der Waals surface area contributed by atoms with Crippen molar-refractivity contribution in [2.24, 2.45) is 0 Å². The van der Waals surface area contributed by atoms with Crippen LogP contribution in [0.2, 0.25) is 0 Å². The summed E-state index contributed by atoms with van der Waals surface area (Å²) in [6.45, 7) is 9.19. The van der Waals surface area contributed by atoms with Gasteiger partial charge in [0.1, 0.15) is 52.9 Å². The first-order valence-electron chi connectivity index (χ1n) is 34.3. The van der Waals surface area contributed by atoms with Crippen LogP contribution < -0.4 is 47.9 Å². The fraction of sp³-hybridized carbons (Fsp3) is 0.556. The monoisotopic (exact) mass is 1520 g/mol. The van der Waals surface area contributed by atoms with E-state index in [-0.39, 0.29) is 171 Å². The minimum absolute atomic E-state index is 0. The van der Waals surface area contributed by atoms with Crippen LogP contribution in [-0.4, -0.2) is 298 Å². The van der Waals surface area contributed by atoms with Crippen LogP contribution in [0.3, 0.4) is 0 Å². The van der Waals surface area contributed by atoms with Gasteiger partial charge >= 0.3 is 19.5 Å². The Hall–Kier alpha value is -7.38. The SMILES string of the molecule is COCCOCCOc1cc2c(cc1OCCOCCOC)-c1nc-2nc2[n-]c(nc3nc(nc4[n-]c(n1)c1cc(OCCOCCOC)c(OCCOCCOC)cc41)-c1cc(OCCOCCOC)c(OCCOCCOC)cc1-3)c1cc(OCCOCCOC)c(OCCOCCOC)cc21.[Zn+2]. The van der Waals surface area contributed by atoms with Crippen LogP contribution in [0.4, 0.5) is 0 Å². The van der Waals surface area contributed by atoms with Crippen molar-refractivity contribution < 1.29 is 133 Å². The third-order valence-electron chi connectivity index (χ3n) is 15.3. The number of ether oxygens (including phenoxy) is 24. The van der Waals surface area contributed by atoms with E-state index in [1.807, 2.05) is 0 Å². The van der Waals surface area contributed by atoms with Crippen LogP contribution in [0.5, 0.6) is 46.0 Å². The summed E-state index contributed by atoms with van der Waals surface area (Å²) >= 11 is 0. The first-order valence-corrected chi connectivity index (χ1v) is 34.3. The quantitative estimate of drug-likeness (QED) is 0.0291. The number of nitrogens with zero attached hydrogens (tertiary/aromatic N) is 8. The summed E-state index contributed by atoms with van der Waals surface area (Å²) in [6, 6.07) is 14.4. The van der Waals surface area contributed by atoms with Crippen molar-refractivity contribution in [1.29, 1.82) is 0 Å². The first kappa shape index (κ1) is 83.3. The molecule has 3 aromatic heterocycles. The second-order valence-corrected chi connectivity index (χ2v) is 22.5. The van der Waals surface area contributed by atoms with Gasteiger partial charge in [0.15, 0.2) is 46.0 Å². The average Bonchev–Trinajstić information content (AvgIpc) is 1.60. The number of fused-ring (bicyclic) bond motifs is 20. The van der Waals surface area contributed by atoms with Crippen molar-refractivity contribution in [3.63, 3.8) is 0 Å². The molecule has 9 rings (SSSR count). The standard InChI is InChI=1S/C72H96N8O24.Zn/c1-81-9-17-89-25-33-97-57-41-49-50(42-58(57)98-34-26-90-18-10-82-2)66-73-65(49)77-67-51-43-59(99-35-27-91-19-11-83-3)60(100-36-28-92-20-12-84-4)44-52(51)69(74-67)79-71-55-47-63(103-39-31-95-23-15-87-7)64(104-40-32-96-24-16-88-8)48-56(55)72(76-71)80-70-54-46-62(102-38-30-94-22-14-86-6)61(45-53(54)68(75-70)78-66)101-37-29-93-21-13-85-5;/h41-48H,9-40H2,1-8H3;/q-2;+2. The summed E-state index contributed by atoms with van der Waals surface area (Å²) in [4.78, 5) is 42.4. The van der Waals surface area contributed by atoms with Crippen molar-refractivity contribution in [3.8, 4) is 91.5 Å². The fourth-order valence-corrected chi connectivity index (χ4v) is 10.2. The zero-order valence-electron chi connectivity index (χ0n) is 61.3. The maximum Gasteiger partial charge on any atom is 2.00 e. The van der Waals surface area contributed by atoms with Gasteiger partial charge < -0.3 is 144 Å². The van der Waals surface area contributed by atoms with Gasteiger partial charge in [-0.3, -0.25) is 0 Å². The molecule has 0 radical (unpaired) electrons. The molecule has 7 aromatic rings. The topological polar surface area (TPSA) is 327 Å². The molecule has 0 atom stereocenters. The van der Waals surface area contributed by atoms with Gasteiger partial charge in [0.25, 0.3) is 0 Å². The molecular weight excluding hydrogens is 1430 g/mol. The molecule has 0 amide bonds. The summed E-state index contributed by atoms with van der Waals surface area (Å²) in [7, 11) is 12.9. The van der Waals surface area contributed by atoms with E-state index in [9.17, 15) is 0 Å². The number of benzene rings is 4. The predicted octanol–water partition coefficient (Wildman–Crippen LogP) is 6.46. The minimum atomic E-state index is 0. The Morgan fingerprint density at radius 1 is 0.200 bits per heavy atom. The summed E-state index contributed by atoms with van der Waals surface area (Å²) < 4.78 is 141. The largest absolute Gasteiger partial charge is 2.00 e. The van der Waals surface area contributed by atoms with E-state index in [0.29, 0.717) is 196 Å². The zero-order valence-corrected chi connectivity index (χ0v) is 64.3. The van der Waals surface area contributed by atoms with E-state index in [1.165, 1.54) is 0 Å². The second-order valence-electron chi connectivity index (χ2n) is 22.5. The van der Waals surface area contributed by atoms with Gasteiger partial charge in [-0.1, -0.05) is 0 Å². The molecule has 4 aromatic carbocycles. The Labute approximate surface area is 622 Å². The van der Waals surface area contributed by atoms with Gasteiger partial charge in [-0.25, -0.2) is 9.97 Å². The second kappa shape index (κ2) is 47.3. The molecule has 105 heavy (non-hydrogen) atoms. The molecule has 32 nitrogen and oxygen atoms in total. The Bertz CT molecular complexity index is 3410. The van der Waals surface area contributed by atoms with Gasteiger partial charge in [0.05, 0.1) is 182 Å². The molecule has 0 fully saturated rings. The molecule has 33 heteroatoms. The summed E-state index contributed by atoms with van der Waals surface area (Å²) in [5.74, 6) is 3.64. The molecule has 0 aliphatic carbocycles. The summed E-state index contributed by atoms with van der Waals surface area (Å²) in [5, 5.41) is 2.02. The normalized spacial score (nSPS) is 11.7. The Kier molecular flexibility index (Phi) is 37.5. The number of aromatic nitrogens is 8. The number of rotatable bonds is 56. The van der Waals surface area contributed by atoms with Crippen LogP contribution >= 0.6 is 0 Å². The minimum Gasteiger partial charge on any atom is -0.487 e. The van der Waals surface area contributed by atoms with Crippen molar-refractivity contribution in [2.45, 2.75) is 0 Å². The Morgan fingerprint density at radius 2 is 0.352 bits per heavy atom. The summed E-state index contributed by atoms with van der Waals surface area (Å²) in [5.41, 5.74) is 2.80. The van der Waals surface area contributed by atoms with E-state index < -0.39 is 0 Å². The van der Waals surface area contributed by atoms with Crippen molar-refractivity contribution in [1.82, 2.24) is 39.9 Å². The molecule has 570 valence electrons. The Balaban J connectivity index is 0.0000139. The fourth-order valence-electron chi connectivity index (χ4n) is 10.2. The van der Waals surface area contributed by atoms with Gasteiger partial charge in [-0.2, -0.15) is 0 Å². The summed E-state index contributed by atoms with van der Waals surface area (Å²) in [6.07, 6.45) is 0. The van der Waals surface area contributed by atoms with Gasteiger partial charge in [0.2, 0.25) is 0 Å². The van der Waals surface area contributed by atoms with Gasteiger partial charge in [0, 0.05) is 102 Å². The van der Waals surface area contributed by atoms with Crippen LogP contribution in [0.1, 0.15) is 0 Å². The molecule has 0 N–H and O–H groups in total. The molecule has 0 spiro atoms. The molecule has 0 unspecified atom stereocenters. The van der Waals surface area contributed by atoms with Gasteiger partial charge in [-0.05, 0) is 70.1 Å². The van der Waals surface area contributed by atoms with E-state index in [0.717, 1.165) is 0 Å². The molecular formula is C72H96N8O24Zn. The number of methoxy groups -OCH3 is 8. The Morgan fingerprint density at radius 3 is 0.514 bits per heavy atom. The van der Waals surface area contributed by atoms with Gasteiger partial charge in [-0.15, -0.1) is 0 Å². The van der Waals surface area contributed by atoms with E-state index >= 15 is 0 Å². The first-order chi connectivity index (χ1) is 51.3. The van der Waals surface area contributed by atoms with Crippen LogP contribution in [-0.2, 0) is 95.3 Å². The maximum atomic E-state index is 6.51. The van der Waals surface area contributed by atoms with Crippen molar-refractivity contribution >= 4 is 44.1 Å². The molecule has 5 heterocycles. The number of hydrogen-bond donors (Lipinski definition) is 0. The van der Waals surface area contributed by atoms with Crippen molar-refractivity contribution in [3.05, 3.63) is 48.5 Å². The molecule has 2 aliphatic heterocycles. The van der Waals surface area contributed by atoms with E-state index in [4.69, 9.17) is 154 Å². The van der Waals surface area contributed by atoms with Crippen LogP contribution in [0.25, 0.3) is 89.7 Å². The molecule has 2 aliphatic rings. The van der Waals surface area contributed by atoms with E-state index in [1.54, 1.807) is 105 Å². The van der Waals surface area contributed by atoms with Crippen molar-refractivity contribution in [2.75, 3.05) is 268 Å². The third-order valence-corrected chi connectivity index (χ3v) is 15.3. The zero-order chi connectivity index (χ0) is 72.8. The molecule has 0 saturated heterocycles. The number of hydrogen-bond acceptors (Lipinski definition) is 30. The maximum absolute atomic E-state index is 6.51. The van der Waals surface area contributed by atoms with Crippen LogP contribution in [0, 0.1) is 0 Å². The molecule has 8 bridgehead atoms. The third kappa shape index (κ3) is 25.4. The molecule has 0 saturated carbocycles. The van der Waals surface area contributed by atoms with E-state index in [2.05, 4.69) is 0 Å². The van der Waals surface area contributed by atoms with Crippen LogP contribution in [0.15, 0.2) is 48.5 Å². The average molecular weight is 1520 g/mol.